The van der Waals surface area contributed by atoms with Gasteiger partial charge in [-0.25, -0.2) is 0 Å². The number of rotatable bonds is 1. The Morgan fingerprint density at radius 3 is 2.93 bits per heavy atom. The number of thiocarbonyl (C=S) groups is 1. The van der Waals surface area contributed by atoms with Gasteiger partial charge < -0.3 is 5.32 Å². The highest BCUT2D eigenvalue weighted by Gasteiger charge is 2.26. The molecular formula is C9H8N2OS2. The summed E-state index contributed by atoms with van der Waals surface area (Å²) in [6.45, 7) is 0. The fraction of sp³-hybridized carbons (Fsp3) is 0.111. The van der Waals surface area contributed by atoms with Crippen molar-refractivity contribution < 1.29 is 4.79 Å². The first-order valence-corrected chi connectivity index (χ1v) is 5.31. The first-order valence-electron chi connectivity index (χ1n) is 4.03. The Labute approximate surface area is 91.0 Å². The largest absolute Gasteiger partial charge is 0.328 e. The summed E-state index contributed by atoms with van der Waals surface area (Å²) in [6, 6.07) is 3.90. The summed E-state index contributed by atoms with van der Waals surface area (Å²) in [5.41, 5.74) is 0.542. The minimum absolute atomic E-state index is 0.0802. The van der Waals surface area contributed by atoms with Crippen molar-refractivity contribution in [3.8, 4) is 0 Å². The smallest absolute Gasteiger partial charge is 0.276 e. The fourth-order valence-electron chi connectivity index (χ4n) is 1.14. The molecule has 1 aromatic rings. The van der Waals surface area contributed by atoms with Crippen LogP contribution in [0, 0.1) is 0 Å². The van der Waals surface area contributed by atoms with E-state index in [1.807, 2.05) is 23.6 Å². The lowest BCUT2D eigenvalue weighted by atomic mass is 10.3. The van der Waals surface area contributed by atoms with Crippen LogP contribution in [0.15, 0.2) is 23.2 Å². The van der Waals surface area contributed by atoms with Crippen molar-refractivity contribution in [1.82, 2.24) is 10.2 Å². The van der Waals surface area contributed by atoms with E-state index in [4.69, 9.17) is 12.2 Å². The fourth-order valence-corrected chi connectivity index (χ4v) is 1.99. The normalized spacial score (nSPS) is 19.2. The number of carbonyl (C=O) groups is 1. The maximum Gasteiger partial charge on any atom is 0.276 e. The van der Waals surface area contributed by atoms with Crippen LogP contribution in [0.5, 0.6) is 0 Å². The van der Waals surface area contributed by atoms with Crippen LogP contribution in [-0.4, -0.2) is 23.0 Å². The van der Waals surface area contributed by atoms with Gasteiger partial charge in [0.1, 0.15) is 5.70 Å². The molecule has 1 aromatic heterocycles. The van der Waals surface area contributed by atoms with Crippen LogP contribution in [0.2, 0.25) is 0 Å². The van der Waals surface area contributed by atoms with E-state index in [0.717, 1.165) is 4.88 Å². The molecule has 1 saturated heterocycles. The Kier molecular flexibility index (Phi) is 2.35. The van der Waals surface area contributed by atoms with E-state index in [1.54, 1.807) is 18.4 Å². The topological polar surface area (TPSA) is 32.3 Å². The second-order valence-electron chi connectivity index (χ2n) is 2.87. The van der Waals surface area contributed by atoms with E-state index < -0.39 is 0 Å². The molecule has 1 amide bonds. The number of hydrogen-bond donors (Lipinski definition) is 1. The molecule has 0 aliphatic carbocycles. The molecule has 3 nitrogen and oxygen atoms in total. The zero-order chi connectivity index (χ0) is 10.1. The van der Waals surface area contributed by atoms with Gasteiger partial charge in [0, 0.05) is 11.9 Å². The zero-order valence-corrected chi connectivity index (χ0v) is 9.11. The number of hydrogen-bond acceptors (Lipinski definition) is 3. The third-order valence-corrected chi connectivity index (χ3v) is 3.11. The lowest BCUT2D eigenvalue weighted by Crippen LogP contribution is -2.25. The van der Waals surface area contributed by atoms with Gasteiger partial charge in [-0.15, -0.1) is 11.3 Å². The van der Waals surface area contributed by atoms with Gasteiger partial charge in [0.2, 0.25) is 0 Å². The maximum absolute atomic E-state index is 11.6. The number of amides is 1. The van der Waals surface area contributed by atoms with Gasteiger partial charge in [0.15, 0.2) is 5.11 Å². The highest BCUT2D eigenvalue weighted by atomic mass is 32.1. The van der Waals surface area contributed by atoms with Crippen LogP contribution in [0.3, 0.4) is 0 Å². The van der Waals surface area contributed by atoms with E-state index in [9.17, 15) is 4.79 Å². The summed E-state index contributed by atoms with van der Waals surface area (Å²) in [5.74, 6) is -0.0802. The van der Waals surface area contributed by atoms with Crippen LogP contribution in [-0.2, 0) is 4.79 Å². The summed E-state index contributed by atoms with van der Waals surface area (Å²) >= 11 is 6.53. The highest BCUT2D eigenvalue weighted by molar-refractivity contribution is 7.80. The molecule has 0 radical (unpaired) electrons. The average molecular weight is 224 g/mol. The predicted molar refractivity (Wildman–Crippen MR) is 60.8 cm³/mol. The van der Waals surface area contributed by atoms with E-state index in [0.29, 0.717) is 10.8 Å². The van der Waals surface area contributed by atoms with Gasteiger partial charge in [0.25, 0.3) is 5.91 Å². The Bertz CT molecular complexity index is 408. The molecule has 5 heteroatoms. The molecule has 1 fully saturated rings. The molecule has 2 rings (SSSR count). The van der Waals surface area contributed by atoms with Gasteiger partial charge in [0.05, 0.1) is 0 Å². The Morgan fingerprint density at radius 1 is 1.64 bits per heavy atom. The third-order valence-electron chi connectivity index (χ3n) is 1.91. The van der Waals surface area contributed by atoms with Crippen LogP contribution in [0.25, 0.3) is 6.08 Å². The third kappa shape index (κ3) is 1.56. The van der Waals surface area contributed by atoms with Crippen molar-refractivity contribution in [2.75, 3.05) is 7.05 Å². The van der Waals surface area contributed by atoms with E-state index >= 15 is 0 Å². The predicted octanol–water partition coefficient (Wildman–Crippen LogP) is 1.44. The molecule has 1 N–H and O–H groups in total. The molecule has 0 unspecified atom stereocenters. The van der Waals surface area contributed by atoms with Crippen molar-refractivity contribution in [3.05, 3.63) is 28.1 Å². The van der Waals surface area contributed by atoms with Crippen LogP contribution in [0.1, 0.15) is 4.88 Å². The van der Waals surface area contributed by atoms with Gasteiger partial charge in [-0.3, -0.25) is 9.69 Å². The molecule has 14 heavy (non-hydrogen) atoms. The quantitative estimate of drug-likeness (QED) is 0.578. The van der Waals surface area contributed by atoms with Crippen LogP contribution >= 0.6 is 23.6 Å². The molecule has 0 aromatic carbocycles. The van der Waals surface area contributed by atoms with Crippen molar-refractivity contribution in [3.63, 3.8) is 0 Å². The molecule has 1 aliphatic heterocycles. The molecule has 72 valence electrons. The summed E-state index contributed by atoms with van der Waals surface area (Å²) < 4.78 is 0. The van der Waals surface area contributed by atoms with Gasteiger partial charge in [-0.1, -0.05) is 6.07 Å². The zero-order valence-electron chi connectivity index (χ0n) is 7.48. The minimum atomic E-state index is -0.0802. The molecule has 0 bridgehead atoms. The standard InChI is InChI=1S/C9H8N2OS2/c1-11-8(12)7(10-9(11)13)5-6-3-2-4-14-6/h2-5H,1H3,(H,10,13)/b7-5-. The van der Waals surface area contributed by atoms with E-state index in [1.165, 1.54) is 4.90 Å². The summed E-state index contributed by atoms with van der Waals surface area (Å²) in [7, 11) is 1.66. The number of carbonyl (C=O) groups excluding carboxylic acids is 1. The van der Waals surface area contributed by atoms with Crippen molar-refractivity contribution in [2.45, 2.75) is 0 Å². The highest BCUT2D eigenvalue weighted by Crippen LogP contribution is 2.16. The number of nitrogens with zero attached hydrogens (tertiary/aromatic N) is 1. The number of likely N-dealkylation sites (N-methyl/N-ethyl adjacent to an activating group) is 1. The Balaban J connectivity index is 2.29. The summed E-state index contributed by atoms with van der Waals surface area (Å²) in [5, 5.41) is 5.29. The molecule has 2 heterocycles. The molecule has 0 saturated carbocycles. The SMILES string of the molecule is CN1C(=O)/C(=C/c2cccs2)NC1=S. The first-order chi connectivity index (χ1) is 6.68. The lowest BCUT2D eigenvalue weighted by Gasteiger charge is -2.02. The van der Waals surface area contributed by atoms with Crippen LogP contribution < -0.4 is 5.32 Å². The second-order valence-corrected chi connectivity index (χ2v) is 4.23. The summed E-state index contributed by atoms with van der Waals surface area (Å²) in [6.07, 6.45) is 1.81. The van der Waals surface area contributed by atoms with Crippen molar-refractivity contribution in [2.24, 2.45) is 0 Å². The maximum atomic E-state index is 11.6. The minimum Gasteiger partial charge on any atom is -0.328 e. The average Bonchev–Trinajstić information content (AvgIpc) is 2.73. The number of nitrogens with one attached hydrogen (secondary N) is 1. The second kappa shape index (κ2) is 3.51. The van der Waals surface area contributed by atoms with E-state index in [2.05, 4.69) is 5.32 Å². The van der Waals surface area contributed by atoms with Gasteiger partial charge in [-0.2, -0.15) is 0 Å². The molecule has 1 aliphatic rings. The lowest BCUT2D eigenvalue weighted by molar-refractivity contribution is -0.121. The molecule has 0 atom stereocenters. The van der Waals surface area contributed by atoms with Crippen LogP contribution in [0.4, 0.5) is 0 Å². The summed E-state index contributed by atoms with van der Waals surface area (Å²) in [4.78, 5) is 14.0. The Morgan fingerprint density at radius 2 is 2.43 bits per heavy atom. The molecule has 0 spiro atoms. The Hall–Kier alpha value is -1.20. The monoisotopic (exact) mass is 224 g/mol. The van der Waals surface area contributed by atoms with Gasteiger partial charge in [-0.05, 0) is 29.7 Å². The van der Waals surface area contributed by atoms with Crippen molar-refractivity contribution >= 4 is 40.7 Å². The first kappa shape index (κ1) is 9.36. The number of thiophene rings is 1. The van der Waals surface area contributed by atoms with Crippen molar-refractivity contribution in [1.29, 1.82) is 0 Å². The van der Waals surface area contributed by atoms with E-state index in [-0.39, 0.29) is 5.91 Å². The molecular weight excluding hydrogens is 216 g/mol. The van der Waals surface area contributed by atoms with Gasteiger partial charge >= 0.3 is 0 Å².